The molecule has 0 spiro atoms. The summed E-state index contributed by atoms with van der Waals surface area (Å²) in [5, 5.41) is 3.03. The molecule has 2 rings (SSSR count). The third kappa shape index (κ3) is 5.96. The Labute approximate surface area is 141 Å². The maximum Gasteiger partial charge on any atom is 0.407 e. The molecule has 2 fully saturated rings. The lowest BCUT2D eigenvalue weighted by Crippen LogP contribution is -2.53. The molecule has 134 valence electrons. The van der Waals surface area contributed by atoms with Crippen LogP contribution in [-0.2, 0) is 4.74 Å². The largest absolute Gasteiger partial charge is 0.444 e. The Morgan fingerprint density at radius 3 is 2.09 bits per heavy atom. The zero-order valence-electron chi connectivity index (χ0n) is 15.6. The van der Waals surface area contributed by atoms with Crippen LogP contribution in [0.15, 0.2) is 0 Å². The fraction of sp³-hybridized carbons (Fsp3) is 0.944. The average Bonchev–Trinajstić information content (AvgIpc) is 2.46. The highest BCUT2D eigenvalue weighted by Gasteiger charge is 2.30. The van der Waals surface area contributed by atoms with Crippen LogP contribution in [-0.4, -0.2) is 65.8 Å². The predicted octanol–water partition coefficient (Wildman–Crippen LogP) is 2.85. The van der Waals surface area contributed by atoms with Crippen molar-refractivity contribution in [3.63, 3.8) is 0 Å². The van der Waals surface area contributed by atoms with Gasteiger partial charge in [-0.05, 0) is 60.3 Å². The van der Waals surface area contributed by atoms with E-state index in [2.05, 4.69) is 29.0 Å². The zero-order chi connectivity index (χ0) is 17.0. The van der Waals surface area contributed by atoms with Crippen LogP contribution in [0.1, 0.15) is 60.3 Å². The van der Waals surface area contributed by atoms with E-state index in [-0.39, 0.29) is 12.1 Å². The molecule has 0 aromatic heterocycles. The van der Waals surface area contributed by atoms with Gasteiger partial charge in [0, 0.05) is 44.3 Å². The standard InChI is InChI=1S/C18H35N3O2/c1-14(2)20-10-12-21(13-11-20)16-8-6-15(7-9-16)19-17(22)23-18(3,4)5/h14-16H,6-13H2,1-5H3,(H,19,22)/t15-,16-. The number of alkyl carbamates (subject to hydrolysis) is 1. The highest BCUT2D eigenvalue weighted by Crippen LogP contribution is 2.24. The van der Waals surface area contributed by atoms with Crippen molar-refractivity contribution in [1.29, 1.82) is 0 Å². The minimum Gasteiger partial charge on any atom is -0.444 e. The minimum atomic E-state index is -0.419. The molecule has 1 saturated heterocycles. The zero-order valence-corrected chi connectivity index (χ0v) is 15.6. The number of carbonyl (C=O) groups excluding carboxylic acids is 1. The highest BCUT2D eigenvalue weighted by atomic mass is 16.6. The van der Waals surface area contributed by atoms with Gasteiger partial charge >= 0.3 is 6.09 Å². The number of amides is 1. The molecule has 0 aromatic carbocycles. The first-order chi connectivity index (χ1) is 10.7. The van der Waals surface area contributed by atoms with Gasteiger partial charge in [0.1, 0.15) is 5.60 Å². The molecule has 0 radical (unpaired) electrons. The smallest absolute Gasteiger partial charge is 0.407 e. The summed E-state index contributed by atoms with van der Waals surface area (Å²) in [6, 6.07) is 1.63. The number of ether oxygens (including phenoxy) is 1. The van der Waals surface area contributed by atoms with E-state index in [1.54, 1.807) is 0 Å². The highest BCUT2D eigenvalue weighted by molar-refractivity contribution is 5.68. The number of hydrogen-bond acceptors (Lipinski definition) is 4. The van der Waals surface area contributed by atoms with Gasteiger partial charge in [-0.25, -0.2) is 4.79 Å². The van der Waals surface area contributed by atoms with Crippen LogP contribution in [0.5, 0.6) is 0 Å². The van der Waals surface area contributed by atoms with Gasteiger partial charge in [0.25, 0.3) is 0 Å². The normalized spacial score (nSPS) is 27.9. The molecule has 0 atom stereocenters. The van der Waals surface area contributed by atoms with Gasteiger partial charge in [-0.15, -0.1) is 0 Å². The third-order valence-corrected chi connectivity index (χ3v) is 5.01. The summed E-state index contributed by atoms with van der Waals surface area (Å²) in [4.78, 5) is 17.1. The molecular formula is C18H35N3O2. The first-order valence-electron chi connectivity index (χ1n) is 9.22. The number of nitrogens with one attached hydrogen (secondary N) is 1. The van der Waals surface area contributed by atoms with Crippen molar-refractivity contribution in [3.8, 4) is 0 Å². The van der Waals surface area contributed by atoms with E-state index in [0.29, 0.717) is 12.1 Å². The second-order valence-corrected chi connectivity index (χ2v) is 8.32. The van der Waals surface area contributed by atoms with E-state index >= 15 is 0 Å². The molecular weight excluding hydrogens is 290 g/mol. The first-order valence-corrected chi connectivity index (χ1v) is 9.22. The summed E-state index contributed by atoms with van der Waals surface area (Å²) >= 11 is 0. The maximum atomic E-state index is 11.9. The van der Waals surface area contributed by atoms with Gasteiger partial charge in [-0.3, -0.25) is 9.80 Å². The summed E-state index contributed by atoms with van der Waals surface area (Å²) in [6.07, 6.45) is 4.22. The lowest BCUT2D eigenvalue weighted by atomic mass is 9.90. The fourth-order valence-corrected chi connectivity index (χ4v) is 3.68. The number of hydrogen-bond donors (Lipinski definition) is 1. The molecule has 23 heavy (non-hydrogen) atoms. The first kappa shape index (κ1) is 18.5. The lowest BCUT2D eigenvalue weighted by Gasteiger charge is -2.43. The van der Waals surface area contributed by atoms with E-state index in [1.807, 2.05) is 20.8 Å². The van der Waals surface area contributed by atoms with Crippen LogP contribution in [0.3, 0.4) is 0 Å². The molecule has 0 bridgehead atoms. The molecule has 0 aromatic rings. The van der Waals surface area contributed by atoms with E-state index in [1.165, 1.54) is 39.0 Å². The van der Waals surface area contributed by atoms with Crippen molar-refractivity contribution < 1.29 is 9.53 Å². The fourth-order valence-electron chi connectivity index (χ4n) is 3.68. The number of carbonyl (C=O) groups is 1. The number of rotatable bonds is 3. The van der Waals surface area contributed by atoms with Gasteiger partial charge in [-0.1, -0.05) is 0 Å². The molecule has 1 heterocycles. The van der Waals surface area contributed by atoms with Crippen molar-refractivity contribution in [2.24, 2.45) is 0 Å². The lowest BCUT2D eigenvalue weighted by molar-refractivity contribution is 0.0432. The van der Waals surface area contributed by atoms with Crippen LogP contribution in [0.25, 0.3) is 0 Å². The predicted molar refractivity (Wildman–Crippen MR) is 93.7 cm³/mol. The molecule has 1 saturated carbocycles. The maximum absolute atomic E-state index is 11.9. The van der Waals surface area contributed by atoms with Crippen LogP contribution in [0, 0.1) is 0 Å². The van der Waals surface area contributed by atoms with Gasteiger partial charge in [0.15, 0.2) is 0 Å². The Kier molecular flexibility index (Phi) is 6.32. The van der Waals surface area contributed by atoms with Crippen molar-refractivity contribution in [3.05, 3.63) is 0 Å². The number of nitrogens with zero attached hydrogens (tertiary/aromatic N) is 2. The van der Waals surface area contributed by atoms with Crippen LogP contribution >= 0.6 is 0 Å². The molecule has 0 unspecified atom stereocenters. The van der Waals surface area contributed by atoms with Gasteiger partial charge in [0.2, 0.25) is 0 Å². The molecule has 5 heteroatoms. The molecule has 2 aliphatic rings. The second-order valence-electron chi connectivity index (χ2n) is 8.32. The number of piperazine rings is 1. The molecule has 1 amide bonds. The van der Waals surface area contributed by atoms with Crippen LogP contribution in [0.4, 0.5) is 4.79 Å². The van der Waals surface area contributed by atoms with E-state index in [9.17, 15) is 4.79 Å². The van der Waals surface area contributed by atoms with Crippen molar-refractivity contribution in [1.82, 2.24) is 15.1 Å². The summed E-state index contributed by atoms with van der Waals surface area (Å²) < 4.78 is 5.35. The topological polar surface area (TPSA) is 44.8 Å². The Balaban J connectivity index is 1.69. The molecule has 1 aliphatic carbocycles. The average molecular weight is 325 g/mol. The van der Waals surface area contributed by atoms with Gasteiger partial charge in [-0.2, -0.15) is 0 Å². The van der Waals surface area contributed by atoms with Gasteiger partial charge < -0.3 is 10.1 Å². The molecule has 1 aliphatic heterocycles. The SMILES string of the molecule is CC(C)N1CCN([C@H]2CC[C@H](NC(=O)OC(C)(C)C)CC2)CC1. The van der Waals surface area contributed by atoms with Gasteiger partial charge in [0.05, 0.1) is 0 Å². The Bertz CT molecular complexity index is 376. The Hall–Kier alpha value is -0.810. The van der Waals surface area contributed by atoms with Crippen molar-refractivity contribution >= 4 is 6.09 Å². The Morgan fingerprint density at radius 2 is 1.61 bits per heavy atom. The summed E-state index contributed by atoms with van der Waals surface area (Å²) in [7, 11) is 0. The van der Waals surface area contributed by atoms with Crippen molar-refractivity contribution in [2.75, 3.05) is 26.2 Å². The molecule has 5 nitrogen and oxygen atoms in total. The third-order valence-electron chi connectivity index (χ3n) is 5.01. The van der Waals surface area contributed by atoms with Crippen molar-refractivity contribution in [2.45, 2.75) is 84.0 Å². The van der Waals surface area contributed by atoms with E-state index in [0.717, 1.165) is 12.8 Å². The summed E-state index contributed by atoms with van der Waals surface area (Å²) in [6.45, 7) is 15.0. The second kappa shape index (κ2) is 7.84. The van der Waals surface area contributed by atoms with Crippen LogP contribution in [0.2, 0.25) is 0 Å². The summed E-state index contributed by atoms with van der Waals surface area (Å²) in [5.41, 5.74) is -0.419. The molecule has 1 N–H and O–H groups in total. The van der Waals surface area contributed by atoms with E-state index in [4.69, 9.17) is 4.74 Å². The summed E-state index contributed by atoms with van der Waals surface area (Å²) in [5.74, 6) is 0. The minimum absolute atomic E-state index is 0.272. The van der Waals surface area contributed by atoms with Crippen LogP contribution < -0.4 is 5.32 Å². The monoisotopic (exact) mass is 325 g/mol. The van der Waals surface area contributed by atoms with E-state index < -0.39 is 5.60 Å². The quantitative estimate of drug-likeness (QED) is 0.866. The Morgan fingerprint density at radius 1 is 1.04 bits per heavy atom.